The van der Waals surface area contributed by atoms with Crippen LogP contribution in [0.15, 0.2) is 35.2 Å². The van der Waals surface area contributed by atoms with Gasteiger partial charge in [-0.15, -0.1) is 0 Å². The molecule has 0 amide bonds. The summed E-state index contributed by atoms with van der Waals surface area (Å²) in [5, 5.41) is 0. The molecule has 27 heavy (non-hydrogen) atoms. The Kier molecular flexibility index (Phi) is 4.24. The molecule has 1 aromatic rings. The Labute approximate surface area is 162 Å². The summed E-state index contributed by atoms with van der Waals surface area (Å²) < 4.78 is 28.5. The zero-order valence-corrected chi connectivity index (χ0v) is 16.6. The van der Waals surface area contributed by atoms with Crippen molar-refractivity contribution >= 4 is 15.8 Å². The highest BCUT2D eigenvalue weighted by molar-refractivity contribution is 7.89. The Morgan fingerprint density at radius 3 is 2.07 bits per heavy atom. The Balaban J connectivity index is 1.33. The van der Waals surface area contributed by atoms with E-state index in [0.717, 1.165) is 18.3 Å². The highest BCUT2D eigenvalue weighted by atomic mass is 32.2. The summed E-state index contributed by atoms with van der Waals surface area (Å²) in [7, 11) is -3.66. The predicted molar refractivity (Wildman–Crippen MR) is 104 cm³/mol. The summed E-state index contributed by atoms with van der Waals surface area (Å²) in [6, 6.07) is 8.43. The quantitative estimate of drug-likeness (QED) is 0.805. The van der Waals surface area contributed by atoms with E-state index in [0.29, 0.717) is 37.0 Å². The number of hydrogen-bond donors (Lipinski definition) is 1. The van der Waals surface area contributed by atoms with Crippen LogP contribution in [-0.2, 0) is 14.8 Å². The number of carbonyl (C=O) groups is 1. The monoisotopic (exact) mass is 387 g/mol. The number of rotatable bonds is 6. The van der Waals surface area contributed by atoms with Crippen LogP contribution >= 0.6 is 0 Å². The van der Waals surface area contributed by atoms with Crippen LogP contribution in [0.1, 0.15) is 57.8 Å². The SMILES string of the molecule is O=C(CC1C2CC3CC(C2)CC1C3)C1(NS(=O)(=O)c2ccccc2)CCC1. The lowest BCUT2D eigenvalue weighted by Crippen LogP contribution is -2.60. The molecule has 0 aliphatic heterocycles. The molecule has 1 N–H and O–H groups in total. The first-order chi connectivity index (χ1) is 13.0. The van der Waals surface area contributed by atoms with Crippen molar-refractivity contribution in [2.45, 2.75) is 68.2 Å². The van der Waals surface area contributed by atoms with Crippen LogP contribution in [-0.4, -0.2) is 19.7 Å². The third kappa shape index (κ3) is 3.07. The lowest BCUT2D eigenvalue weighted by Gasteiger charge is -2.55. The molecular weight excluding hydrogens is 358 g/mol. The first-order valence-electron chi connectivity index (χ1n) is 10.6. The molecule has 4 nitrogen and oxygen atoms in total. The van der Waals surface area contributed by atoms with Crippen LogP contribution in [0.3, 0.4) is 0 Å². The van der Waals surface area contributed by atoms with E-state index < -0.39 is 15.6 Å². The third-order valence-electron chi connectivity index (χ3n) is 7.97. The smallest absolute Gasteiger partial charge is 0.241 e. The number of carbonyl (C=O) groups excluding carboxylic acids is 1. The number of ketones is 1. The number of benzene rings is 1. The third-order valence-corrected chi connectivity index (χ3v) is 9.52. The second-order valence-electron chi connectivity index (χ2n) is 9.58. The van der Waals surface area contributed by atoms with Crippen LogP contribution in [0.25, 0.3) is 0 Å². The molecule has 5 heteroatoms. The standard InChI is InChI=1S/C22H29NO3S/c24-21(14-20-17-10-15-9-16(12-17)13-18(20)11-15)22(7-4-8-22)23-27(25,26)19-5-2-1-3-6-19/h1-3,5-6,15-18,20,23H,4,7-14H2. The molecule has 0 radical (unpaired) electrons. The lowest BCUT2D eigenvalue weighted by atomic mass is 9.50. The molecule has 146 valence electrons. The van der Waals surface area contributed by atoms with E-state index in [-0.39, 0.29) is 10.7 Å². The fourth-order valence-electron chi connectivity index (χ4n) is 6.66. The topological polar surface area (TPSA) is 63.2 Å². The molecular formula is C22H29NO3S. The van der Waals surface area contributed by atoms with E-state index in [1.807, 2.05) is 0 Å². The first kappa shape index (κ1) is 17.9. The molecule has 5 aliphatic rings. The molecule has 5 fully saturated rings. The van der Waals surface area contributed by atoms with E-state index in [1.54, 1.807) is 30.3 Å². The minimum atomic E-state index is -3.66. The molecule has 5 aliphatic carbocycles. The van der Waals surface area contributed by atoms with Gasteiger partial charge in [0.2, 0.25) is 10.0 Å². The van der Waals surface area contributed by atoms with Crippen LogP contribution in [0.5, 0.6) is 0 Å². The normalized spacial score (nSPS) is 36.4. The Morgan fingerprint density at radius 1 is 0.963 bits per heavy atom. The van der Waals surface area contributed by atoms with Crippen LogP contribution in [0, 0.1) is 29.6 Å². The zero-order valence-electron chi connectivity index (χ0n) is 15.8. The highest BCUT2D eigenvalue weighted by Gasteiger charge is 2.52. The Morgan fingerprint density at radius 2 is 1.56 bits per heavy atom. The molecule has 5 saturated carbocycles. The molecule has 1 aromatic carbocycles. The fraction of sp³-hybridized carbons (Fsp3) is 0.682. The summed E-state index contributed by atoms with van der Waals surface area (Å²) in [5.74, 6) is 3.83. The molecule has 0 spiro atoms. The fourth-order valence-corrected chi connectivity index (χ4v) is 8.13. The molecule has 6 rings (SSSR count). The number of Topliss-reactive ketones (excluding diaryl/α,β-unsaturated/α-hetero) is 1. The Hall–Kier alpha value is -1.20. The molecule has 0 atom stereocenters. The van der Waals surface area contributed by atoms with Gasteiger partial charge in [0, 0.05) is 6.42 Å². The van der Waals surface area contributed by atoms with Gasteiger partial charge in [0.1, 0.15) is 0 Å². The van der Waals surface area contributed by atoms with Gasteiger partial charge in [0.15, 0.2) is 5.78 Å². The van der Waals surface area contributed by atoms with E-state index >= 15 is 0 Å². The van der Waals surface area contributed by atoms with Gasteiger partial charge in [0.05, 0.1) is 10.4 Å². The molecule has 0 unspecified atom stereocenters. The van der Waals surface area contributed by atoms with Crippen molar-refractivity contribution < 1.29 is 13.2 Å². The number of nitrogens with one attached hydrogen (secondary N) is 1. The maximum absolute atomic E-state index is 13.3. The summed E-state index contributed by atoms with van der Waals surface area (Å²) in [6.07, 6.45) is 9.39. The number of hydrogen-bond acceptors (Lipinski definition) is 3. The van der Waals surface area contributed by atoms with Crippen LogP contribution < -0.4 is 4.72 Å². The van der Waals surface area contributed by atoms with Crippen molar-refractivity contribution in [1.82, 2.24) is 4.72 Å². The van der Waals surface area contributed by atoms with E-state index in [9.17, 15) is 13.2 Å². The van der Waals surface area contributed by atoms with Crippen LogP contribution in [0.4, 0.5) is 0 Å². The van der Waals surface area contributed by atoms with Crippen molar-refractivity contribution in [2.24, 2.45) is 29.6 Å². The lowest BCUT2D eigenvalue weighted by molar-refractivity contribution is -0.133. The highest BCUT2D eigenvalue weighted by Crippen LogP contribution is 2.57. The maximum atomic E-state index is 13.3. The summed E-state index contributed by atoms with van der Waals surface area (Å²) in [6.45, 7) is 0. The summed E-state index contributed by atoms with van der Waals surface area (Å²) >= 11 is 0. The van der Waals surface area contributed by atoms with Crippen molar-refractivity contribution in [3.8, 4) is 0 Å². The van der Waals surface area contributed by atoms with Gasteiger partial charge in [-0.1, -0.05) is 18.2 Å². The van der Waals surface area contributed by atoms with Crippen LogP contribution in [0.2, 0.25) is 0 Å². The Bertz CT molecular complexity index is 800. The average Bonchev–Trinajstić information content (AvgIpc) is 2.61. The van der Waals surface area contributed by atoms with Crippen molar-refractivity contribution in [3.05, 3.63) is 30.3 Å². The van der Waals surface area contributed by atoms with E-state index in [4.69, 9.17) is 0 Å². The summed E-state index contributed by atoms with van der Waals surface area (Å²) in [4.78, 5) is 13.6. The molecule has 0 saturated heterocycles. The molecule has 4 bridgehead atoms. The second kappa shape index (κ2) is 6.41. The van der Waals surface area contributed by atoms with Gasteiger partial charge in [-0.2, -0.15) is 4.72 Å². The second-order valence-corrected chi connectivity index (χ2v) is 11.3. The van der Waals surface area contributed by atoms with Gasteiger partial charge in [-0.3, -0.25) is 4.79 Å². The zero-order chi connectivity index (χ0) is 18.6. The van der Waals surface area contributed by atoms with Gasteiger partial charge in [-0.25, -0.2) is 8.42 Å². The minimum Gasteiger partial charge on any atom is -0.298 e. The van der Waals surface area contributed by atoms with Crippen molar-refractivity contribution in [1.29, 1.82) is 0 Å². The average molecular weight is 388 g/mol. The van der Waals surface area contributed by atoms with E-state index in [2.05, 4.69) is 4.72 Å². The number of sulfonamides is 1. The maximum Gasteiger partial charge on any atom is 0.241 e. The van der Waals surface area contributed by atoms with Gasteiger partial charge >= 0.3 is 0 Å². The predicted octanol–water partition coefficient (Wildman–Crippen LogP) is 3.92. The van der Waals surface area contributed by atoms with Gasteiger partial charge < -0.3 is 0 Å². The van der Waals surface area contributed by atoms with Crippen molar-refractivity contribution in [3.63, 3.8) is 0 Å². The molecule has 0 heterocycles. The molecule has 0 aromatic heterocycles. The first-order valence-corrected chi connectivity index (χ1v) is 12.1. The van der Waals surface area contributed by atoms with Gasteiger partial charge in [0.25, 0.3) is 0 Å². The van der Waals surface area contributed by atoms with E-state index in [1.165, 1.54) is 32.1 Å². The largest absolute Gasteiger partial charge is 0.298 e. The van der Waals surface area contributed by atoms with Crippen molar-refractivity contribution in [2.75, 3.05) is 0 Å². The summed E-state index contributed by atoms with van der Waals surface area (Å²) in [5.41, 5.74) is -0.858. The van der Waals surface area contributed by atoms with Gasteiger partial charge in [-0.05, 0) is 93.1 Å². The minimum absolute atomic E-state index is 0.144.